The number of ether oxygens (including phenoxy) is 2. The van der Waals surface area contributed by atoms with E-state index in [1.54, 1.807) is 7.11 Å². The van der Waals surface area contributed by atoms with Crippen LogP contribution in [0, 0.1) is 5.41 Å². The zero-order chi connectivity index (χ0) is 20.6. The van der Waals surface area contributed by atoms with Crippen LogP contribution in [-0.4, -0.2) is 43.5 Å². The molecule has 1 aromatic rings. The van der Waals surface area contributed by atoms with Crippen molar-refractivity contribution in [3.8, 4) is 0 Å². The second-order valence-corrected chi connectivity index (χ2v) is 7.40. The van der Waals surface area contributed by atoms with Crippen LogP contribution in [0.5, 0.6) is 0 Å². The molecule has 1 aliphatic rings. The highest BCUT2D eigenvalue weighted by Crippen LogP contribution is 2.46. The summed E-state index contributed by atoms with van der Waals surface area (Å²) in [6.45, 7) is 2.93. The van der Waals surface area contributed by atoms with Crippen molar-refractivity contribution in [2.75, 3.05) is 20.3 Å². The highest BCUT2D eigenvalue weighted by molar-refractivity contribution is 5.94. The normalized spacial score (nSPS) is 24.5. The van der Waals surface area contributed by atoms with E-state index < -0.39 is 23.1 Å². The van der Waals surface area contributed by atoms with Gasteiger partial charge in [-0.1, -0.05) is 36.4 Å². The lowest BCUT2D eigenvalue weighted by molar-refractivity contribution is -0.121. The molecule has 0 aliphatic heterocycles. The number of guanidine groups is 1. The number of carbonyl (C=O) groups is 1. The van der Waals surface area contributed by atoms with Crippen molar-refractivity contribution >= 4 is 17.4 Å². The third kappa shape index (κ3) is 6.14. The van der Waals surface area contributed by atoms with Gasteiger partial charge in [0, 0.05) is 39.6 Å². The first-order chi connectivity index (χ1) is 13.3. The topological polar surface area (TPSA) is 97.4 Å². The summed E-state index contributed by atoms with van der Waals surface area (Å²) in [5.41, 5.74) is 4.76. The smallest absolute Gasteiger partial charge is 0.226 e. The van der Waals surface area contributed by atoms with Gasteiger partial charge in [0.1, 0.15) is 5.67 Å². The molecule has 2 atom stereocenters. The van der Waals surface area contributed by atoms with Gasteiger partial charge in [0.15, 0.2) is 5.96 Å². The summed E-state index contributed by atoms with van der Waals surface area (Å²) in [5.74, 6) is -0.885. The molecule has 0 radical (unpaired) electrons. The van der Waals surface area contributed by atoms with E-state index in [0.717, 1.165) is 11.1 Å². The predicted molar refractivity (Wildman–Crippen MR) is 108 cm³/mol. The number of benzene rings is 1. The third-order valence-electron chi connectivity index (χ3n) is 4.97. The molecule has 6 nitrogen and oxygen atoms in total. The van der Waals surface area contributed by atoms with Crippen molar-refractivity contribution in [2.24, 2.45) is 5.73 Å². The lowest BCUT2D eigenvalue weighted by Crippen LogP contribution is -2.44. The van der Waals surface area contributed by atoms with Crippen molar-refractivity contribution in [1.29, 1.82) is 5.41 Å². The Bertz CT molecular complexity index is 710. The summed E-state index contributed by atoms with van der Waals surface area (Å²) in [7, 11) is 1.64. The quantitative estimate of drug-likeness (QED) is 0.342. The Morgan fingerprint density at radius 3 is 2.68 bits per heavy atom. The fraction of sp³-hybridized carbons (Fsp3) is 0.524. The molecule has 0 heterocycles. The van der Waals surface area contributed by atoms with Gasteiger partial charge in [-0.25, -0.2) is 4.39 Å². The molecule has 0 bridgehead atoms. The van der Waals surface area contributed by atoms with E-state index >= 15 is 4.39 Å². The molecular formula is C21H30FN3O3. The van der Waals surface area contributed by atoms with Gasteiger partial charge in [0.05, 0.1) is 5.60 Å². The predicted octanol–water partition coefficient (Wildman–Crippen LogP) is 3.17. The van der Waals surface area contributed by atoms with E-state index in [2.05, 4.69) is 5.32 Å². The minimum Gasteiger partial charge on any atom is -0.385 e. The summed E-state index contributed by atoms with van der Waals surface area (Å²) >= 11 is 0. The van der Waals surface area contributed by atoms with Crippen molar-refractivity contribution in [3.63, 3.8) is 0 Å². The largest absolute Gasteiger partial charge is 0.385 e. The number of hydrogen-bond donors (Lipinski definition) is 3. The summed E-state index contributed by atoms with van der Waals surface area (Å²) in [4.78, 5) is 11.8. The van der Waals surface area contributed by atoms with Crippen LogP contribution in [0.2, 0.25) is 0 Å². The van der Waals surface area contributed by atoms with E-state index in [9.17, 15) is 4.79 Å². The highest BCUT2D eigenvalue weighted by Gasteiger charge is 2.45. The first kappa shape index (κ1) is 22.0. The number of hydrogen-bond acceptors (Lipinski definition) is 4. The average Bonchev–Trinajstić information content (AvgIpc) is 2.64. The molecule has 154 valence electrons. The summed E-state index contributed by atoms with van der Waals surface area (Å²) in [6, 6.07) is 9.83. The highest BCUT2D eigenvalue weighted by atomic mass is 19.1. The minimum atomic E-state index is -1.57. The van der Waals surface area contributed by atoms with Crippen LogP contribution in [0.15, 0.2) is 36.4 Å². The van der Waals surface area contributed by atoms with Gasteiger partial charge in [-0.15, -0.1) is 0 Å². The van der Waals surface area contributed by atoms with Crippen molar-refractivity contribution in [1.82, 2.24) is 5.32 Å². The molecule has 1 aliphatic carbocycles. The molecule has 4 N–H and O–H groups in total. The fourth-order valence-corrected chi connectivity index (χ4v) is 3.68. The van der Waals surface area contributed by atoms with E-state index in [1.165, 1.54) is 0 Å². The number of allylic oxidation sites excluding steroid dienone is 1. The van der Waals surface area contributed by atoms with Gasteiger partial charge in [-0.3, -0.25) is 15.5 Å². The number of amides is 1. The maximum absolute atomic E-state index is 15.6. The van der Waals surface area contributed by atoms with Crippen LogP contribution in [0.1, 0.15) is 44.6 Å². The standard InChI is InChI=1S/C21H30FN3O3/c1-20(28-14-6-13-27-2)15-21(22,12-10-18(26)25-19(23)24)11-9-17(20)16-7-4-3-5-8-16/h3-5,7-9H,6,10-15H2,1-2H3,(H4,23,24,25,26). The van der Waals surface area contributed by atoms with Gasteiger partial charge in [0.2, 0.25) is 5.91 Å². The Labute approximate surface area is 165 Å². The maximum Gasteiger partial charge on any atom is 0.226 e. The Kier molecular flexibility index (Phi) is 7.71. The number of carbonyl (C=O) groups excluding carboxylic acids is 1. The average molecular weight is 391 g/mol. The Morgan fingerprint density at radius 1 is 1.32 bits per heavy atom. The second kappa shape index (κ2) is 9.80. The summed E-state index contributed by atoms with van der Waals surface area (Å²) in [6.07, 6.45) is 2.97. The van der Waals surface area contributed by atoms with Crippen LogP contribution < -0.4 is 11.1 Å². The molecule has 0 spiro atoms. The first-order valence-electron chi connectivity index (χ1n) is 9.50. The van der Waals surface area contributed by atoms with Crippen molar-refractivity contribution in [3.05, 3.63) is 42.0 Å². The number of rotatable bonds is 9. The Hall–Kier alpha value is -2.25. The van der Waals surface area contributed by atoms with Crippen LogP contribution in [0.25, 0.3) is 5.57 Å². The number of alkyl halides is 1. The van der Waals surface area contributed by atoms with Crippen molar-refractivity contribution in [2.45, 2.75) is 50.3 Å². The molecule has 1 amide bonds. The molecule has 0 saturated carbocycles. The number of halogens is 1. The van der Waals surface area contributed by atoms with Crippen LogP contribution in [-0.2, 0) is 14.3 Å². The third-order valence-corrected chi connectivity index (χ3v) is 4.97. The zero-order valence-electron chi connectivity index (χ0n) is 16.6. The van der Waals surface area contributed by atoms with Gasteiger partial charge in [0.25, 0.3) is 0 Å². The lowest BCUT2D eigenvalue weighted by Gasteiger charge is -2.42. The van der Waals surface area contributed by atoms with Crippen LogP contribution in [0.4, 0.5) is 4.39 Å². The Balaban J connectivity index is 2.16. The molecule has 2 rings (SSSR count). The van der Waals surface area contributed by atoms with Crippen LogP contribution in [0.3, 0.4) is 0 Å². The van der Waals surface area contributed by atoms with E-state index in [0.29, 0.717) is 19.6 Å². The lowest BCUT2D eigenvalue weighted by atomic mass is 9.72. The molecule has 28 heavy (non-hydrogen) atoms. The molecule has 7 heteroatoms. The van der Waals surface area contributed by atoms with Gasteiger partial charge < -0.3 is 15.2 Å². The molecule has 0 saturated heterocycles. The summed E-state index contributed by atoms with van der Waals surface area (Å²) in [5, 5.41) is 9.30. The minimum absolute atomic E-state index is 0.0374. The van der Waals surface area contributed by atoms with E-state index in [-0.39, 0.29) is 25.7 Å². The van der Waals surface area contributed by atoms with E-state index in [1.807, 2.05) is 43.3 Å². The number of nitrogens with two attached hydrogens (primary N) is 1. The van der Waals surface area contributed by atoms with Gasteiger partial charge >= 0.3 is 0 Å². The van der Waals surface area contributed by atoms with Crippen LogP contribution >= 0.6 is 0 Å². The van der Waals surface area contributed by atoms with Gasteiger partial charge in [-0.2, -0.15) is 0 Å². The molecule has 1 aromatic carbocycles. The van der Waals surface area contributed by atoms with Gasteiger partial charge in [-0.05, 0) is 30.9 Å². The molecule has 0 aromatic heterocycles. The monoisotopic (exact) mass is 391 g/mol. The number of methoxy groups -OCH3 is 1. The SMILES string of the molecule is COCCCOC1(C)CC(F)(CCC(=O)NC(=N)N)CC=C1c1ccccc1. The van der Waals surface area contributed by atoms with Crippen molar-refractivity contribution < 1.29 is 18.7 Å². The molecule has 2 unspecified atom stereocenters. The second-order valence-electron chi connectivity index (χ2n) is 7.40. The summed E-state index contributed by atoms with van der Waals surface area (Å²) < 4.78 is 26.9. The Morgan fingerprint density at radius 2 is 2.04 bits per heavy atom. The maximum atomic E-state index is 15.6. The molecule has 0 fully saturated rings. The zero-order valence-corrected chi connectivity index (χ0v) is 16.6. The molecular weight excluding hydrogens is 361 g/mol. The van der Waals surface area contributed by atoms with E-state index in [4.69, 9.17) is 20.6 Å². The first-order valence-corrected chi connectivity index (χ1v) is 9.50. The number of nitrogens with one attached hydrogen (secondary N) is 2. The fourth-order valence-electron chi connectivity index (χ4n) is 3.68.